The zero-order valence-electron chi connectivity index (χ0n) is 16.6. The van der Waals surface area contributed by atoms with Gasteiger partial charge in [-0.2, -0.15) is 8.42 Å². The smallest absolute Gasteiger partial charge is 0.280 e. The first-order valence-corrected chi connectivity index (χ1v) is 11.3. The monoisotopic (exact) mass is 449 g/mol. The van der Waals surface area contributed by atoms with Crippen molar-refractivity contribution in [2.75, 3.05) is 31.6 Å². The molecule has 5 rings (SSSR count). The highest BCUT2D eigenvalue weighted by Gasteiger charge is 2.43. The van der Waals surface area contributed by atoms with Crippen LogP contribution in [-0.2, 0) is 14.9 Å². The Morgan fingerprint density at radius 3 is 2.71 bits per heavy atom. The average molecular weight is 449 g/mol. The summed E-state index contributed by atoms with van der Waals surface area (Å²) < 4.78 is 43.7. The number of nitrogens with two attached hydrogens (primary N) is 1. The van der Waals surface area contributed by atoms with E-state index in [4.69, 9.17) is 10.6 Å². The number of benzene rings is 1. The molecule has 2 fully saturated rings. The molecule has 2 aromatic rings. The van der Waals surface area contributed by atoms with Crippen LogP contribution in [0, 0.1) is 11.7 Å². The van der Waals surface area contributed by atoms with Crippen LogP contribution in [0.4, 0.5) is 10.1 Å². The minimum atomic E-state index is -4.17. The van der Waals surface area contributed by atoms with Crippen LogP contribution in [0.5, 0.6) is 0 Å². The van der Waals surface area contributed by atoms with Crippen molar-refractivity contribution in [1.29, 1.82) is 0 Å². The maximum absolute atomic E-state index is 15.1. The number of fused-ring (bicyclic) bond motifs is 2. The van der Waals surface area contributed by atoms with E-state index in [-0.39, 0.29) is 40.1 Å². The molecule has 1 aliphatic carbocycles. The predicted octanol–water partition coefficient (Wildman–Crippen LogP) is 0.305. The summed E-state index contributed by atoms with van der Waals surface area (Å²) in [6, 6.07) is 2.37. The summed E-state index contributed by atoms with van der Waals surface area (Å²) in [6.45, 7) is 0.993. The van der Waals surface area contributed by atoms with E-state index in [0.717, 1.165) is 6.07 Å². The van der Waals surface area contributed by atoms with Crippen LogP contribution in [0.25, 0.3) is 10.9 Å². The topological polar surface area (TPSA) is 136 Å². The highest BCUT2D eigenvalue weighted by Crippen LogP contribution is 2.42. The van der Waals surface area contributed by atoms with Gasteiger partial charge in [-0.25, -0.2) is 9.11 Å². The van der Waals surface area contributed by atoms with E-state index in [1.807, 2.05) is 4.72 Å². The van der Waals surface area contributed by atoms with Crippen molar-refractivity contribution in [3.63, 3.8) is 0 Å². The molecular formula is C19H20FN5O5S. The summed E-state index contributed by atoms with van der Waals surface area (Å²) in [5.74, 6) is -1.75. The van der Waals surface area contributed by atoms with Crippen molar-refractivity contribution >= 4 is 38.2 Å². The van der Waals surface area contributed by atoms with Gasteiger partial charge in [0.25, 0.3) is 15.9 Å². The number of carbonyl (C=O) groups is 1. The number of nitrogens with one attached hydrogen (secondary N) is 1. The number of rotatable bonds is 4. The molecule has 3 aliphatic rings. The molecule has 1 amide bonds. The third-order valence-electron chi connectivity index (χ3n) is 5.95. The summed E-state index contributed by atoms with van der Waals surface area (Å²) in [4.78, 5) is 31.8. The molecule has 10 nitrogen and oxygen atoms in total. The Morgan fingerprint density at radius 2 is 2.06 bits per heavy atom. The normalized spacial score (nSPS) is 23.5. The Bertz CT molecular complexity index is 1330. The van der Waals surface area contributed by atoms with E-state index in [2.05, 4.69) is 5.16 Å². The molecule has 0 bridgehead atoms. The SMILES string of the molecule is CON=C1CN(c2cc3c(cc2F)c(=O)c2c(n3C3CC3)S(=O)(=O)NC2=O)CC1CN. The van der Waals surface area contributed by atoms with E-state index in [1.165, 1.54) is 17.7 Å². The van der Waals surface area contributed by atoms with E-state index in [0.29, 0.717) is 31.6 Å². The number of hydrogen-bond donors (Lipinski definition) is 2. The third-order valence-corrected chi connectivity index (χ3v) is 7.31. The Balaban J connectivity index is 1.76. The number of amides is 1. The highest BCUT2D eigenvalue weighted by molar-refractivity contribution is 7.90. The molecule has 12 heteroatoms. The summed E-state index contributed by atoms with van der Waals surface area (Å²) in [5.41, 5.74) is 5.72. The molecular weight excluding hydrogens is 429 g/mol. The van der Waals surface area contributed by atoms with Crippen molar-refractivity contribution < 1.29 is 22.4 Å². The third kappa shape index (κ3) is 2.92. The predicted molar refractivity (Wildman–Crippen MR) is 110 cm³/mol. The Morgan fingerprint density at radius 1 is 1.32 bits per heavy atom. The summed E-state index contributed by atoms with van der Waals surface area (Å²) >= 11 is 0. The van der Waals surface area contributed by atoms with Gasteiger partial charge in [0.05, 0.1) is 23.5 Å². The van der Waals surface area contributed by atoms with Crippen molar-refractivity contribution in [2.24, 2.45) is 16.8 Å². The maximum atomic E-state index is 15.1. The van der Waals surface area contributed by atoms with E-state index < -0.39 is 32.7 Å². The zero-order valence-corrected chi connectivity index (χ0v) is 17.4. The number of carbonyl (C=O) groups excluding carboxylic acids is 1. The number of pyridine rings is 1. The highest BCUT2D eigenvalue weighted by atomic mass is 32.2. The minimum Gasteiger partial charge on any atom is -0.399 e. The number of anilines is 1. The van der Waals surface area contributed by atoms with E-state index in [1.54, 1.807) is 4.90 Å². The van der Waals surface area contributed by atoms with Gasteiger partial charge in [-0.1, -0.05) is 5.16 Å². The zero-order chi connectivity index (χ0) is 22.1. The molecule has 1 atom stereocenters. The van der Waals surface area contributed by atoms with Gasteiger partial charge in [0.1, 0.15) is 18.5 Å². The quantitative estimate of drug-likeness (QED) is 0.641. The lowest BCUT2D eigenvalue weighted by molar-refractivity contribution is 0.0983. The van der Waals surface area contributed by atoms with Crippen molar-refractivity contribution in [2.45, 2.75) is 23.9 Å². The number of oxime groups is 1. The lowest BCUT2D eigenvalue weighted by Gasteiger charge is -2.21. The molecule has 0 radical (unpaired) electrons. The van der Waals surface area contributed by atoms with Gasteiger partial charge in [0.15, 0.2) is 5.03 Å². The Kier molecular flexibility index (Phi) is 4.35. The molecule has 164 valence electrons. The Labute approximate surface area is 176 Å². The van der Waals surface area contributed by atoms with Gasteiger partial charge in [-0.05, 0) is 25.0 Å². The van der Waals surface area contributed by atoms with Crippen LogP contribution in [-0.4, -0.2) is 51.3 Å². The fourth-order valence-corrected chi connectivity index (χ4v) is 5.80. The van der Waals surface area contributed by atoms with Crippen LogP contribution in [0.3, 0.4) is 0 Å². The molecule has 1 aromatic heterocycles. The molecule has 1 saturated heterocycles. The molecule has 31 heavy (non-hydrogen) atoms. The van der Waals surface area contributed by atoms with Crippen LogP contribution in [0.2, 0.25) is 0 Å². The fraction of sp³-hybridized carbons (Fsp3) is 0.421. The van der Waals surface area contributed by atoms with Gasteiger partial charge in [0, 0.05) is 30.4 Å². The summed E-state index contributed by atoms with van der Waals surface area (Å²) in [6.07, 6.45) is 1.40. The summed E-state index contributed by atoms with van der Waals surface area (Å²) in [7, 11) is -2.75. The maximum Gasteiger partial charge on any atom is 0.280 e. The lowest BCUT2D eigenvalue weighted by Crippen LogP contribution is -2.25. The van der Waals surface area contributed by atoms with Gasteiger partial charge in [-0.15, -0.1) is 0 Å². The van der Waals surface area contributed by atoms with Crippen molar-refractivity contribution in [1.82, 2.24) is 9.29 Å². The van der Waals surface area contributed by atoms with Crippen LogP contribution in [0.15, 0.2) is 27.1 Å². The molecule has 1 saturated carbocycles. The van der Waals surface area contributed by atoms with Gasteiger partial charge in [-0.3, -0.25) is 9.59 Å². The number of hydrogen-bond acceptors (Lipinski definition) is 8. The minimum absolute atomic E-state index is 0.0282. The number of sulfonamides is 1. The van der Waals surface area contributed by atoms with Crippen LogP contribution >= 0.6 is 0 Å². The molecule has 2 aliphatic heterocycles. The second-order valence-corrected chi connectivity index (χ2v) is 9.54. The van der Waals surface area contributed by atoms with Crippen LogP contribution < -0.4 is 20.8 Å². The molecule has 3 N–H and O–H groups in total. The van der Waals surface area contributed by atoms with Crippen LogP contribution in [0.1, 0.15) is 29.2 Å². The average Bonchev–Trinajstić information content (AvgIpc) is 3.42. The fourth-order valence-electron chi connectivity index (χ4n) is 4.39. The molecule has 3 heterocycles. The first-order valence-electron chi connectivity index (χ1n) is 9.80. The summed E-state index contributed by atoms with van der Waals surface area (Å²) in [5, 5.41) is 3.62. The number of aromatic nitrogens is 1. The first-order chi connectivity index (χ1) is 14.8. The molecule has 0 spiro atoms. The first kappa shape index (κ1) is 19.9. The van der Waals surface area contributed by atoms with E-state index >= 15 is 4.39 Å². The molecule has 1 unspecified atom stereocenters. The van der Waals surface area contributed by atoms with Crippen molar-refractivity contribution in [3.05, 3.63) is 33.7 Å². The largest absolute Gasteiger partial charge is 0.399 e. The van der Waals surface area contributed by atoms with Crippen molar-refractivity contribution in [3.8, 4) is 0 Å². The second kappa shape index (κ2) is 6.76. The van der Waals surface area contributed by atoms with Gasteiger partial charge in [0.2, 0.25) is 5.43 Å². The van der Waals surface area contributed by atoms with Gasteiger partial charge < -0.3 is 20.0 Å². The standard InChI is InChI=1S/C19H20FN5O5S/c1-30-22-13-8-24(7-9(13)6-21)15-5-14-11(4-12(15)20)17(26)16-18(27)23-31(28,29)19(16)25(14)10-2-3-10/h4-5,9-10H,2-3,6-8,21H2,1H3,(H,23,27). The lowest BCUT2D eigenvalue weighted by atomic mass is 10.1. The van der Waals surface area contributed by atoms with Gasteiger partial charge >= 0.3 is 0 Å². The number of halogens is 1. The Hall–Kier alpha value is -2.99. The van der Waals surface area contributed by atoms with E-state index in [9.17, 15) is 18.0 Å². The number of nitrogens with zero attached hydrogens (tertiary/aromatic N) is 3. The second-order valence-electron chi connectivity index (χ2n) is 7.94. The molecule has 1 aromatic carbocycles.